The number of amides is 1. The lowest BCUT2D eigenvalue weighted by Crippen LogP contribution is -2.39. The molecule has 0 saturated carbocycles. The Bertz CT molecular complexity index is 442. The molecule has 0 aliphatic rings. The highest BCUT2D eigenvalue weighted by Crippen LogP contribution is 2.21. The quantitative estimate of drug-likeness (QED) is 0.564. The zero-order valence-corrected chi connectivity index (χ0v) is 12.8. The summed E-state index contributed by atoms with van der Waals surface area (Å²) in [6.07, 6.45) is 3.08. The number of carbonyl (C=O) groups excluding carboxylic acids is 1. The first-order valence-corrected chi connectivity index (χ1v) is 7.00. The van der Waals surface area contributed by atoms with Crippen LogP contribution in [0.25, 0.3) is 0 Å². The lowest BCUT2D eigenvalue weighted by molar-refractivity contribution is -0.121. The van der Waals surface area contributed by atoms with Gasteiger partial charge in [0.2, 0.25) is 5.91 Å². The van der Waals surface area contributed by atoms with Crippen molar-refractivity contribution >= 4 is 23.3 Å². The van der Waals surface area contributed by atoms with E-state index in [4.69, 9.17) is 16.3 Å². The van der Waals surface area contributed by atoms with Gasteiger partial charge in [0.25, 0.3) is 0 Å². The topological polar surface area (TPSA) is 76.1 Å². The van der Waals surface area contributed by atoms with Crippen LogP contribution in [0.15, 0.2) is 6.33 Å². The molecule has 0 aliphatic carbocycles. The molecule has 1 amide bonds. The third-order valence-corrected chi connectivity index (χ3v) is 3.07. The predicted octanol–water partition coefficient (Wildman–Crippen LogP) is 1.65. The second kappa shape index (κ2) is 8.71. The van der Waals surface area contributed by atoms with Gasteiger partial charge < -0.3 is 15.4 Å². The molecule has 1 heterocycles. The maximum absolute atomic E-state index is 11.9. The molecule has 0 aliphatic heterocycles. The standard InChI is InChI=1S/C13H21ClN4O2/c1-4-5-10-11(14)16-8-17-12(10)18-9(2)13(19)15-6-7-20-3/h8-9H,4-7H2,1-3H3,(H,15,19)(H,16,17,18). The molecule has 1 aromatic heterocycles. The first-order chi connectivity index (χ1) is 9.60. The maximum Gasteiger partial charge on any atom is 0.242 e. The summed E-state index contributed by atoms with van der Waals surface area (Å²) < 4.78 is 4.88. The van der Waals surface area contributed by atoms with Gasteiger partial charge in [0.05, 0.1) is 6.61 Å². The number of carbonyl (C=O) groups is 1. The molecule has 0 fully saturated rings. The fourth-order valence-electron chi connectivity index (χ4n) is 1.69. The number of rotatable bonds is 8. The highest BCUT2D eigenvalue weighted by molar-refractivity contribution is 6.30. The van der Waals surface area contributed by atoms with Crippen molar-refractivity contribution in [2.24, 2.45) is 0 Å². The van der Waals surface area contributed by atoms with E-state index in [-0.39, 0.29) is 5.91 Å². The van der Waals surface area contributed by atoms with Gasteiger partial charge in [-0.1, -0.05) is 24.9 Å². The molecule has 7 heteroatoms. The maximum atomic E-state index is 11.9. The Balaban J connectivity index is 2.67. The van der Waals surface area contributed by atoms with Gasteiger partial charge in [-0.15, -0.1) is 0 Å². The minimum absolute atomic E-state index is 0.112. The van der Waals surface area contributed by atoms with Crippen LogP contribution in [0.1, 0.15) is 25.8 Å². The SMILES string of the molecule is CCCc1c(Cl)ncnc1NC(C)C(=O)NCCOC. The number of hydrogen-bond acceptors (Lipinski definition) is 5. The van der Waals surface area contributed by atoms with Crippen molar-refractivity contribution in [3.05, 3.63) is 17.0 Å². The van der Waals surface area contributed by atoms with Gasteiger partial charge in [0.15, 0.2) is 0 Å². The van der Waals surface area contributed by atoms with Crippen molar-refractivity contribution in [1.29, 1.82) is 0 Å². The van der Waals surface area contributed by atoms with Gasteiger partial charge in [-0.3, -0.25) is 4.79 Å². The molecule has 0 radical (unpaired) electrons. The van der Waals surface area contributed by atoms with Gasteiger partial charge in [-0.05, 0) is 13.3 Å². The molecule has 0 saturated heterocycles. The Kier molecular flexibility index (Phi) is 7.25. The van der Waals surface area contributed by atoms with Crippen molar-refractivity contribution in [2.45, 2.75) is 32.7 Å². The molecule has 1 rings (SSSR count). The van der Waals surface area contributed by atoms with E-state index in [1.807, 2.05) is 6.92 Å². The first-order valence-electron chi connectivity index (χ1n) is 6.62. The summed E-state index contributed by atoms with van der Waals surface area (Å²) in [4.78, 5) is 20.0. The summed E-state index contributed by atoms with van der Waals surface area (Å²) >= 11 is 6.07. The highest BCUT2D eigenvalue weighted by Gasteiger charge is 2.16. The van der Waals surface area contributed by atoms with E-state index < -0.39 is 6.04 Å². The number of nitrogens with one attached hydrogen (secondary N) is 2. The van der Waals surface area contributed by atoms with E-state index in [2.05, 4.69) is 20.6 Å². The summed E-state index contributed by atoms with van der Waals surface area (Å²) in [5.41, 5.74) is 0.841. The van der Waals surface area contributed by atoms with E-state index in [1.165, 1.54) is 6.33 Å². The van der Waals surface area contributed by atoms with E-state index in [9.17, 15) is 4.79 Å². The fraction of sp³-hybridized carbons (Fsp3) is 0.615. The largest absolute Gasteiger partial charge is 0.383 e. The van der Waals surface area contributed by atoms with Crippen LogP contribution in [-0.2, 0) is 16.0 Å². The Hall–Kier alpha value is -1.40. The summed E-state index contributed by atoms with van der Waals surface area (Å²) in [7, 11) is 1.59. The summed E-state index contributed by atoms with van der Waals surface area (Å²) in [5.74, 6) is 0.500. The van der Waals surface area contributed by atoms with Crippen LogP contribution in [0.5, 0.6) is 0 Å². The van der Waals surface area contributed by atoms with Crippen molar-refractivity contribution in [3.63, 3.8) is 0 Å². The molecule has 1 unspecified atom stereocenters. The lowest BCUT2D eigenvalue weighted by Gasteiger charge is -2.17. The molecule has 0 aromatic carbocycles. The molecule has 112 valence electrons. The number of nitrogens with zero attached hydrogens (tertiary/aromatic N) is 2. The van der Waals surface area contributed by atoms with E-state index in [0.29, 0.717) is 24.1 Å². The van der Waals surface area contributed by atoms with Crippen LogP contribution < -0.4 is 10.6 Å². The van der Waals surface area contributed by atoms with Crippen LogP contribution in [0.2, 0.25) is 5.15 Å². The molecule has 2 N–H and O–H groups in total. The summed E-state index contributed by atoms with van der Waals surface area (Å²) in [6.45, 7) is 4.79. The Morgan fingerprint density at radius 2 is 2.25 bits per heavy atom. The minimum atomic E-state index is -0.409. The third-order valence-electron chi connectivity index (χ3n) is 2.74. The van der Waals surface area contributed by atoms with Crippen molar-refractivity contribution in [3.8, 4) is 0 Å². The third kappa shape index (κ3) is 4.94. The molecule has 20 heavy (non-hydrogen) atoms. The molecule has 0 spiro atoms. The second-order valence-electron chi connectivity index (χ2n) is 4.39. The van der Waals surface area contributed by atoms with Gasteiger partial charge in [-0.25, -0.2) is 9.97 Å². The van der Waals surface area contributed by atoms with Crippen LogP contribution in [0.3, 0.4) is 0 Å². The second-order valence-corrected chi connectivity index (χ2v) is 4.75. The van der Waals surface area contributed by atoms with Crippen molar-refractivity contribution in [1.82, 2.24) is 15.3 Å². The molecule has 6 nitrogen and oxygen atoms in total. The Morgan fingerprint density at radius 1 is 1.50 bits per heavy atom. The number of aromatic nitrogens is 2. The predicted molar refractivity (Wildman–Crippen MR) is 79.0 cm³/mol. The number of methoxy groups -OCH3 is 1. The molecule has 0 bridgehead atoms. The van der Waals surface area contributed by atoms with Gasteiger partial charge >= 0.3 is 0 Å². The van der Waals surface area contributed by atoms with E-state index >= 15 is 0 Å². The van der Waals surface area contributed by atoms with Crippen LogP contribution in [-0.4, -0.2) is 42.2 Å². The summed E-state index contributed by atoms with van der Waals surface area (Å²) in [5, 5.41) is 6.27. The van der Waals surface area contributed by atoms with E-state index in [1.54, 1.807) is 14.0 Å². The minimum Gasteiger partial charge on any atom is -0.383 e. The molecular formula is C13H21ClN4O2. The van der Waals surface area contributed by atoms with E-state index in [0.717, 1.165) is 18.4 Å². The molecular weight excluding hydrogens is 280 g/mol. The molecule has 1 aromatic rings. The summed E-state index contributed by atoms with van der Waals surface area (Å²) in [6, 6.07) is -0.409. The Morgan fingerprint density at radius 3 is 2.90 bits per heavy atom. The average molecular weight is 301 g/mol. The zero-order valence-electron chi connectivity index (χ0n) is 12.1. The van der Waals surface area contributed by atoms with Gasteiger partial charge in [0, 0.05) is 19.2 Å². The number of halogens is 1. The smallest absolute Gasteiger partial charge is 0.242 e. The normalized spacial score (nSPS) is 12.0. The fourth-order valence-corrected chi connectivity index (χ4v) is 1.91. The first kappa shape index (κ1) is 16.7. The average Bonchev–Trinajstić information content (AvgIpc) is 2.42. The van der Waals surface area contributed by atoms with Crippen molar-refractivity contribution in [2.75, 3.05) is 25.6 Å². The number of anilines is 1. The number of hydrogen-bond donors (Lipinski definition) is 2. The van der Waals surface area contributed by atoms with Gasteiger partial charge in [0.1, 0.15) is 23.3 Å². The highest BCUT2D eigenvalue weighted by atomic mass is 35.5. The van der Waals surface area contributed by atoms with Gasteiger partial charge in [-0.2, -0.15) is 0 Å². The van der Waals surface area contributed by atoms with Crippen LogP contribution in [0.4, 0.5) is 5.82 Å². The van der Waals surface area contributed by atoms with Crippen molar-refractivity contribution < 1.29 is 9.53 Å². The Labute approximate surface area is 124 Å². The zero-order chi connectivity index (χ0) is 15.0. The van der Waals surface area contributed by atoms with Crippen LogP contribution >= 0.6 is 11.6 Å². The lowest BCUT2D eigenvalue weighted by atomic mass is 10.1. The van der Waals surface area contributed by atoms with Crippen LogP contribution in [0, 0.1) is 0 Å². The molecule has 1 atom stereocenters. The number of ether oxygens (including phenoxy) is 1. The monoisotopic (exact) mass is 300 g/mol.